The van der Waals surface area contributed by atoms with Crippen LogP contribution in [0.4, 0.5) is 0 Å². The van der Waals surface area contributed by atoms with Crippen molar-refractivity contribution >= 4 is 35.9 Å². The van der Waals surface area contributed by atoms with Crippen LogP contribution < -0.4 is 26.6 Å². The number of rotatable bonds is 10. The number of thiophene rings is 1. The molecule has 9 heteroatoms. The van der Waals surface area contributed by atoms with Crippen LogP contribution in [0.2, 0.25) is 0 Å². The molecule has 37 heavy (non-hydrogen) atoms. The summed E-state index contributed by atoms with van der Waals surface area (Å²) in [6.45, 7) is 1.63. The van der Waals surface area contributed by atoms with E-state index in [4.69, 9.17) is 4.74 Å². The van der Waals surface area contributed by atoms with E-state index in [0.29, 0.717) is 24.6 Å². The first-order chi connectivity index (χ1) is 17.6. The molecule has 0 amide bonds. The molecule has 0 bridgehead atoms. The summed E-state index contributed by atoms with van der Waals surface area (Å²) in [6.07, 6.45) is 6.58. The van der Waals surface area contributed by atoms with Gasteiger partial charge in [-0.1, -0.05) is 66.7 Å². The van der Waals surface area contributed by atoms with Gasteiger partial charge in [0.05, 0.1) is 11.4 Å². The largest absolute Gasteiger partial charge is 1.00 e. The molecule has 1 N–H and O–H groups in total. The lowest BCUT2D eigenvalue weighted by atomic mass is 10.2. The number of hydrogen-bond donors (Lipinski definition) is 1. The van der Waals surface area contributed by atoms with Gasteiger partial charge in [0.25, 0.3) is 0 Å². The number of aromatic nitrogens is 2. The number of nitrogens with zero attached hydrogens (tertiary/aromatic N) is 2. The molecule has 2 aromatic heterocycles. The SMILES string of the molecule is O=C(C[n+]1ccn(CCCNP2(=O)C=C(c3ccccc3)OC(c3ccccc3)=C2)c1)c1cccs1.[Br-]. The zero-order chi connectivity index (χ0) is 24.8. The fourth-order valence-corrected chi connectivity index (χ4v) is 6.50. The first kappa shape index (κ1) is 27.0. The third-order valence-electron chi connectivity index (χ3n) is 5.78. The molecule has 4 aromatic rings. The number of carbonyl (C=O) groups is 1. The van der Waals surface area contributed by atoms with Crippen molar-refractivity contribution in [3.05, 3.63) is 125 Å². The Labute approximate surface area is 231 Å². The third-order valence-corrected chi connectivity index (χ3v) is 8.64. The van der Waals surface area contributed by atoms with Crippen LogP contribution in [0.15, 0.2) is 109 Å². The highest BCUT2D eigenvalue weighted by Crippen LogP contribution is 2.53. The smallest absolute Gasteiger partial charge is 0.244 e. The Morgan fingerprint density at radius 1 is 0.946 bits per heavy atom. The van der Waals surface area contributed by atoms with Crippen molar-refractivity contribution in [1.29, 1.82) is 0 Å². The molecule has 2 aromatic carbocycles. The summed E-state index contributed by atoms with van der Waals surface area (Å²) < 4.78 is 24.0. The molecular formula is C28H27BrN3O3PS. The van der Waals surface area contributed by atoms with Gasteiger partial charge in [-0.15, -0.1) is 11.3 Å². The standard InChI is InChI=1S/C28H27N3O3PS.BrH/c32-25(28-13-7-18-36-28)19-31-17-16-30(22-31)15-8-14-29-35(33)20-26(23-9-3-1-4-10-23)34-27(21-35)24-11-5-2-6-12-24;/h1-7,9-13,16-18,20-22H,8,14-15,19H2,(H,29,33);1H/q+1;/p-1. The van der Waals surface area contributed by atoms with Crippen LogP contribution in [-0.4, -0.2) is 16.9 Å². The first-order valence-corrected chi connectivity index (χ1v) is 14.5. The molecule has 190 valence electrons. The average molecular weight is 596 g/mol. The fraction of sp³-hybridized carbons (Fsp3) is 0.143. The Hall–Kier alpha value is -3.03. The number of ketones is 1. The van der Waals surface area contributed by atoms with Gasteiger partial charge in [-0.3, -0.25) is 14.4 Å². The van der Waals surface area contributed by atoms with Crippen LogP contribution in [0.1, 0.15) is 27.2 Å². The number of Topliss-reactive ketones (excluding diaryl/α,β-unsaturated/α-hetero) is 1. The molecule has 3 heterocycles. The summed E-state index contributed by atoms with van der Waals surface area (Å²) in [5, 5.41) is 5.19. The lowest BCUT2D eigenvalue weighted by Gasteiger charge is -2.23. The predicted molar refractivity (Wildman–Crippen MR) is 143 cm³/mol. The number of carbonyl (C=O) groups excluding carboxylic acids is 1. The number of hydrogen-bond acceptors (Lipinski definition) is 4. The Bertz CT molecular complexity index is 1370. The number of nitrogens with one attached hydrogen (secondary N) is 1. The molecule has 0 saturated carbocycles. The van der Waals surface area contributed by atoms with E-state index in [9.17, 15) is 9.36 Å². The van der Waals surface area contributed by atoms with Gasteiger partial charge < -0.3 is 21.7 Å². The van der Waals surface area contributed by atoms with E-state index in [0.717, 1.165) is 29.0 Å². The van der Waals surface area contributed by atoms with E-state index in [1.807, 2.05) is 106 Å². The summed E-state index contributed by atoms with van der Waals surface area (Å²) in [5.41, 5.74) is 1.77. The summed E-state index contributed by atoms with van der Waals surface area (Å²) in [6, 6.07) is 23.2. The van der Waals surface area contributed by atoms with Crippen LogP contribution in [-0.2, 0) is 22.4 Å². The monoisotopic (exact) mass is 595 g/mol. The highest BCUT2D eigenvalue weighted by Gasteiger charge is 2.26. The number of halogens is 1. The van der Waals surface area contributed by atoms with E-state index in [1.165, 1.54) is 11.3 Å². The molecule has 0 unspecified atom stereocenters. The normalized spacial score (nSPS) is 14.2. The molecule has 0 saturated heterocycles. The van der Waals surface area contributed by atoms with Crippen LogP contribution in [0.25, 0.3) is 11.5 Å². The maximum atomic E-state index is 13.9. The lowest BCUT2D eigenvalue weighted by molar-refractivity contribution is -0.682. The molecule has 6 nitrogen and oxygen atoms in total. The van der Waals surface area contributed by atoms with Gasteiger partial charge in [0.1, 0.15) is 23.9 Å². The maximum absolute atomic E-state index is 13.9. The highest BCUT2D eigenvalue weighted by molar-refractivity contribution is 7.68. The van der Waals surface area contributed by atoms with Crippen LogP contribution >= 0.6 is 18.6 Å². The Balaban J connectivity index is 0.00000320. The van der Waals surface area contributed by atoms with E-state index in [2.05, 4.69) is 5.09 Å². The minimum atomic E-state index is -2.98. The van der Waals surface area contributed by atoms with Crippen molar-refractivity contribution in [3.63, 3.8) is 0 Å². The Kier molecular flexibility index (Phi) is 9.11. The average Bonchev–Trinajstić information content (AvgIpc) is 3.60. The van der Waals surface area contributed by atoms with Crippen molar-refractivity contribution in [2.45, 2.75) is 19.5 Å². The Morgan fingerprint density at radius 3 is 2.19 bits per heavy atom. The molecule has 1 aliphatic heterocycles. The molecule has 1 aliphatic rings. The van der Waals surface area contributed by atoms with Gasteiger partial charge in [0.15, 0.2) is 13.8 Å². The molecule has 0 aliphatic carbocycles. The van der Waals surface area contributed by atoms with Crippen LogP contribution in [0, 0.1) is 0 Å². The van der Waals surface area contributed by atoms with Crippen molar-refractivity contribution in [3.8, 4) is 0 Å². The third kappa shape index (κ3) is 7.05. The second kappa shape index (κ2) is 12.5. The van der Waals surface area contributed by atoms with E-state index >= 15 is 0 Å². The van der Waals surface area contributed by atoms with Gasteiger partial charge in [-0.05, 0) is 17.9 Å². The number of benzene rings is 2. The topological polar surface area (TPSA) is 64.2 Å². The lowest BCUT2D eigenvalue weighted by Crippen LogP contribution is -3.00. The van der Waals surface area contributed by atoms with Crippen molar-refractivity contribution in [1.82, 2.24) is 9.65 Å². The van der Waals surface area contributed by atoms with E-state index in [1.54, 1.807) is 11.6 Å². The summed E-state index contributed by atoms with van der Waals surface area (Å²) in [5.74, 6) is 4.72. The molecule has 5 rings (SSSR count). The minimum Gasteiger partial charge on any atom is -1.00 e. The number of ether oxygens (including phenoxy) is 1. The Morgan fingerprint density at radius 2 is 1.59 bits per heavy atom. The van der Waals surface area contributed by atoms with Crippen molar-refractivity contribution in [2.75, 3.05) is 6.54 Å². The van der Waals surface area contributed by atoms with Gasteiger partial charge in [-0.25, -0.2) is 9.13 Å². The number of aryl methyl sites for hydroxylation is 1. The molecule has 0 radical (unpaired) electrons. The van der Waals surface area contributed by atoms with Gasteiger partial charge >= 0.3 is 0 Å². The summed E-state index contributed by atoms with van der Waals surface area (Å²) in [7, 11) is -2.98. The quantitative estimate of drug-likeness (QED) is 0.132. The van der Waals surface area contributed by atoms with E-state index in [-0.39, 0.29) is 22.8 Å². The number of imidazole rings is 1. The summed E-state index contributed by atoms with van der Waals surface area (Å²) >= 11 is 1.46. The highest BCUT2D eigenvalue weighted by atomic mass is 79.9. The maximum Gasteiger partial charge on any atom is 0.244 e. The zero-order valence-corrected chi connectivity index (χ0v) is 23.4. The second-order valence-electron chi connectivity index (χ2n) is 8.52. The van der Waals surface area contributed by atoms with Crippen LogP contribution in [0.5, 0.6) is 0 Å². The first-order valence-electron chi connectivity index (χ1n) is 11.8. The van der Waals surface area contributed by atoms with E-state index < -0.39 is 7.29 Å². The predicted octanol–water partition coefficient (Wildman–Crippen LogP) is 3.01. The zero-order valence-electron chi connectivity index (χ0n) is 20.1. The molecule has 0 atom stereocenters. The van der Waals surface area contributed by atoms with Crippen molar-refractivity contribution < 1.29 is 35.6 Å². The summed E-state index contributed by atoms with van der Waals surface area (Å²) in [4.78, 5) is 13.1. The molecule has 0 spiro atoms. The fourth-order valence-electron chi connectivity index (χ4n) is 3.98. The molecule has 0 fully saturated rings. The van der Waals surface area contributed by atoms with Gasteiger partial charge in [0.2, 0.25) is 12.1 Å². The second-order valence-corrected chi connectivity index (χ2v) is 11.7. The van der Waals surface area contributed by atoms with Crippen molar-refractivity contribution in [2.24, 2.45) is 0 Å². The van der Waals surface area contributed by atoms with Gasteiger partial charge in [0, 0.05) is 29.3 Å². The van der Waals surface area contributed by atoms with Gasteiger partial charge in [-0.2, -0.15) is 0 Å². The van der Waals surface area contributed by atoms with Crippen LogP contribution in [0.3, 0.4) is 0 Å². The molecular weight excluding hydrogens is 569 g/mol. The minimum absolute atomic E-state index is 0.